The van der Waals surface area contributed by atoms with Gasteiger partial charge in [0.25, 0.3) is 5.91 Å². The third kappa shape index (κ3) is 2.40. The van der Waals surface area contributed by atoms with Gasteiger partial charge in [-0.05, 0) is 57.9 Å². The zero-order chi connectivity index (χ0) is 14.3. The second-order valence-corrected chi connectivity index (χ2v) is 7.53. The number of thiophene rings is 1. The molecule has 3 rings (SSSR count). The van der Waals surface area contributed by atoms with E-state index in [1.807, 2.05) is 24.1 Å². The molecule has 1 aliphatic carbocycles. The highest BCUT2D eigenvalue weighted by Gasteiger charge is 2.39. The number of carbonyl (C=O) groups excluding carboxylic acids is 1. The van der Waals surface area contributed by atoms with Crippen molar-refractivity contribution in [1.29, 1.82) is 0 Å². The molecular weight excluding hydrogens is 270 g/mol. The largest absolute Gasteiger partial charge is 0.388 e. The molecule has 1 atom stereocenters. The molecule has 1 saturated heterocycles. The fraction of sp³-hybridized carbons (Fsp3) is 0.688. The Morgan fingerprint density at radius 2 is 2.10 bits per heavy atom. The van der Waals surface area contributed by atoms with Crippen molar-refractivity contribution in [3.05, 3.63) is 21.4 Å². The van der Waals surface area contributed by atoms with E-state index in [2.05, 4.69) is 0 Å². The van der Waals surface area contributed by atoms with Gasteiger partial charge in [-0.3, -0.25) is 4.79 Å². The van der Waals surface area contributed by atoms with Gasteiger partial charge in [-0.2, -0.15) is 0 Å². The number of nitrogens with zero attached hydrogens (tertiary/aromatic N) is 1. The van der Waals surface area contributed by atoms with Crippen molar-refractivity contribution < 1.29 is 9.90 Å². The molecule has 3 nitrogen and oxygen atoms in total. The second kappa shape index (κ2) is 5.15. The summed E-state index contributed by atoms with van der Waals surface area (Å²) in [5.41, 5.74) is 1.37. The second-order valence-electron chi connectivity index (χ2n) is 6.57. The van der Waals surface area contributed by atoms with Crippen LogP contribution in [-0.2, 0) is 12.8 Å². The van der Waals surface area contributed by atoms with Gasteiger partial charge >= 0.3 is 0 Å². The Bertz CT molecular complexity index is 515. The van der Waals surface area contributed by atoms with Crippen LogP contribution in [0, 0.1) is 0 Å². The van der Waals surface area contributed by atoms with Crippen molar-refractivity contribution in [2.45, 2.75) is 64.0 Å². The number of hydrogen-bond acceptors (Lipinski definition) is 3. The molecule has 1 fully saturated rings. The molecule has 0 radical (unpaired) electrons. The minimum Gasteiger partial charge on any atom is -0.388 e. The molecule has 0 bridgehead atoms. The van der Waals surface area contributed by atoms with Gasteiger partial charge in [0.1, 0.15) is 0 Å². The maximum Gasteiger partial charge on any atom is 0.255 e. The van der Waals surface area contributed by atoms with Gasteiger partial charge in [-0.1, -0.05) is 0 Å². The molecule has 1 aromatic rings. The fourth-order valence-electron chi connectivity index (χ4n) is 3.57. The first-order valence-corrected chi connectivity index (χ1v) is 8.49. The SMILES string of the molecule is CC(C)(O)C1CCCN1C(=O)c1csc2c1CCCC2. The van der Waals surface area contributed by atoms with Crippen LogP contribution in [0.1, 0.15) is 60.3 Å². The first-order valence-electron chi connectivity index (χ1n) is 7.61. The fourth-order valence-corrected chi connectivity index (χ4v) is 4.69. The molecule has 20 heavy (non-hydrogen) atoms. The summed E-state index contributed by atoms with van der Waals surface area (Å²) in [7, 11) is 0. The Kier molecular flexibility index (Phi) is 3.63. The molecule has 1 aliphatic heterocycles. The number of aliphatic hydroxyl groups is 1. The van der Waals surface area contributed by atoms with E-state index in [4.69, 9.17) is 0 Å². The van der Waals surface area contributed by atoms with Gasteiger partial charge in [-0.15, -0.1) is 11.3 Å². The standard InChI is InChI=1S/C16H23NO2S/c1-16(2,19)14-8-5-9-17(14)15(18)12-10-20-13-7-4-3-6-11(12)13/h10,14,19H,3-9H2,1-2H3. The third-order valence-electron chi connectivity index (χ3n) is 4.62. The van der Waals surface area contributed by atoms with Gasteiger partial charge in [-0.25, -0.2) is 0 Å². The summed E-state index contributed by atoms with van der Waals surface area (Å²) in [4.78, 5) is 16.2. The maximum atomic E-state index is 12.9. The van der Waals surface area contributed by atoms with Crippen molar-refractivity contribution in [3.63, 3.8) is 0 Å². The predicted molar refractivity (Wildman–Crippen MR) is 81.3 cm³/mol. The zero-order valence-electron chi connectivity index (χ0n) is 12.3. The van der Waals surface area contributed by atoms with Crippen molar-refractivity contribution in [2.24, 2.45) is 0 Å². The van der Waals surface area contributed by atoms with Gasteiger partial charge < -0.3 is 10.0 Å². The number of aryl methyl sites for hydroxylation is 1. The molecule has 2 heterocycles. The smallest absolute Gasteiger partial charge is 0.255 e. The van der Waals surface area contributed by atoms with Crippen molar-refractivity contribution >= 4 is 17.2 Å². The highest BCUT2D eigenvalue weighted by atomic mass is 32.1. The maximum absolute atomic E-state index is 12.9. The number of likely N-dealkylation sites (tertiary alicyclic amines) is 1. The Morgan fingerprint density at radius 1 is 1.35 bits per heavy atom. The summed E-state index contributed by atoms with van der Waals surface area (Å²) in [6, 6.07) is -0.0471. The van der Waals surface area contributed by atoms with E-state index >= 15 is 0 Å². The summed E-state index contributed by atoms with van der Waals surface area (Å²) in [6.07, 6.45) is 6.51. The molecule has 0 saturated carbocycles. The molecule has 0 spiro atoms. The Hall–Kier alpha value is -0.870. The van der Waals surface area contributed by atoms with Crippen molar-refractivity contribution in [1.82, 2.24) is 4.90 Å². The number of rotatable bonds is 2. The summed E-state index contributed by atoms with van der Waals surface area (Å²) in [6.45, 7) is 4.40. The average molecular weight is 293 g/mol. The molecule has 1 unspecified atom stereocenters. The Morgan fingerprint density at radius 3 is 2.85 bits per heavy atom. The molecule has 2 aliphatic rings. The zero-order valence-corrected chi connectivity index (χ0v) is 13.1. The van der Waals surface area contributed by atoms with Crippen LogP contribution in [0.25, 0.3) is 0 Å². The first-order chi connectivity index (χ1) is 9.48. The van der Waals surface area contributed by atoms with Crippen molar-refractivity contribution in [3.8, 4) is 0 Å². The summed E-state index contributed by atoms with van der Waals surface area (Å²) >= 11 is 1.74. The van der Waals surface area contributed by atoms with Gasteiger partial charge in [0.2, 0.25) is 0 Å². The number of amides is 1. The molecule has 1 N–H and O–H groups in total. The lowest BCUT2D eigenvalue weighted by molar-refractivity contribution is 0.000308. The topological polar surface area (TPSA) is 40.5 Å². The number of fused-ring (bicyclic) bond motifs is 1. The lowest BCUT2D eigenvalue weighted by atomic mass is 9.94. The molecule has 1 aromatic heterocycles. The van der Waals surface area contributed by atoms with E-state index in [0.717, 1.165) is 37.8 Å². The highest BCUT2D eigenvalue weighted by molar-refractivity contribution is 7.10. The summed E-state index contributed by atoms with van der Waals surface area (Å²) in [5, 5.41) is 12.3. The van der Waals surface area contributed by atoms with Crippen LogP contribution in [0.15, 0.2) is 5.38 Å². The molecule has 110 valence electrons. The Labute approximate surface area is 124 Å². The van der Waals surface area contributed by atoms with Gasteiger partial charge in [0.15, 0.2) is 0 Å². The van der Waals surface area contributed by atoms with Crippen LogP contribution in [0.3, 0.4) is 0 Å². The number of hydrogen-bond donors (Lipinski definition) is 1. The molecule has 4 heteroatoms. The minimum atomic E-state index is -0.817. The van der Waals surface area contributed by atoms with Crippen LogP contribution >= 0.6 is 11.3 Å². The molecule has 1 amide bonds. The lowest BCUT2D eigenvalue weighted by Crippen LogP contribution is -2.48. The predicted octanol–water partition coefficient (Wildman–Crippen LogP) is 3.00. The van der Waals surface area contributed by atoms with E-state index in [1.165, 1.54) is 23.3 Å². The highest BCUT2D eigenvalue weighted by Crippen LogP contribution is 2.34. The van der Waals surface area contributed by atoms with Crippen LogP contribution in [0.4, 0.5) is 0 Å². The first kappa shape index (κ1) is 14.1. The van der Waals surface area contributed by atoms with Crippen molar-refractivity contribution in [2.75, 3.05) is 6.54 Å². The van der Waals surface area contributed by atoms with E-state index < -0.39 is 5.60 Å². The van der Waals surface area contributed by atoms with Gasteiger partial charge in [0.05, 0.1) is 17.2 Å². The third-order valence-corrected chi connectivity index (χ3v) is 5.71. The quantitative estimate of drug-likeness (QED) is 0.910. The molecular formula is C16H23NO2S. The average Bonchev–Trinajstić information content (AvgIpc) is 3.04. The van der Waals surface area contributed by atoms with E-state index in [9.17, 15) is 9.90 Å². The van der Waals surface area contributed by atoms with Crippen LogP contribution in [0.5, 0.6) is 0 Å². The lowest BCUT2D eigenvalue weighted by Gasteiger charge is -2.34. The molecule has 0 aromatic carbocycles. The monoisotopic (exact) mass is 293 g/mol. The van der Waals surface area contributed by atoms with E-state index in [1.54, 1.807) is 11.3 Å². The minimum absolute atomic E-state index is 0.0471. The van der Waals surface area contributed by atoms with Gasteiger partial charge in [0, 0.05) is 16.8 Å². The van der Waals surface area contributed by atoms with E-state index in [-0.39, 0.29) is 11.9 Å². The normalized spacial score (nSPS) is 22.9. The summed E-state index contributed by atoms with van der Waals surface area (Å²) < 4.78 is 0. The summed E-state index contributed by atoms with van der Waals surface area (Å²) in [5.74, 6) is 0.133. The number of carbonyl (C=O) groups is 1. The van der Waals surface area contributed by atoms with Crippen LogP contribution < -0.4 is 0 Å². The van der Waals surface area contributed by atoms with Crippen LogP contribution in [-0.4, -0.2) is 34.1 Å². The Balaban J connectivity index is 1.87. The van der Waals surface area contributed by atoms with Crippen LogP contribution in [0.2, 0.25) is 0 Å². The van der Waals surface area contributed by atoms with E-state index in [0.29, 0.717) is 0 Å².